The topological polar surface area (TPSA) is 115 Å². The third-order valence-electron chi connectivity index (χ3n) is 6.58. The quantitative estimate of drug-likeness (QED) is 0.421. The molecule has 2 aromatic rings. The van der Waals surface area contributed by atoms with Gasteiger partial charge in [0.25, 0.3) is 5.91 Å². The van der Waals surface area contributed by atoms with Crippen molar-refractivity contribution in [2.75, 3.05) is 13.1 Å². The number of thiophene rings is 1. The van der Waals surface area contributed by atoms with Crippen LogP contribution in [0.2, 0.25) is 0 Å². The van der Waals surface area contributed by atoms with Crippen LogP contribution >= 0.6 is 11.3 Å². The molecule has 2 amide bonds. The summed E-state index contributed by atoms with van der Waals surface area (Å²) in [5, 5.41) is 19.3. The second kappa shape index (κ2) is 11.6. The number of aromatic nitrogens is 3. The molecule has 0 aliphatic heterocycles. The summed E-state index contributed by atoms with van der Waals surface area (Å²) in [6.07, 6.45) is 8.54. The van der Waals surface area contributed by atoms with Crippen LogP contribution in [0.4, 0.5) is 0 Å². The minimum Gasteiger partial charge on any atom is -0.370 e. The lowest BCUT2D eigenvalue weighted by Gasteiger charge is -2.40. The van der Waals surface area contributed by atoms with Gasteiger partial charge < -0.3 is 16.4 Å². The van der Waals surface area contributed by atoms with Gasteiger partial charge in [-0.1, -0.05) is 25.0 Å². The van der Waals surface area contributed by atoms with Crippen LogP contribution in [0.15, 0.2) is 23.0 Å². The zero-order valence-corrected chi connectivity index (χ0v) is 20.0. The van der Waals surface area contributed by atoms with E-state index in [0.717, 1.165) is 56.9 Å². The van der Waals surface area contributed by atoms with Crippen molar-refractivity contribution in [2.24, 2.45) is 17.6 Å². The van der Waals surface area contributed by atoms with Gasteiger partial charge in [-0.05, 0) is 69.0 Å². The Kier molecular flexibility index (Phi) is 8.81. The molecular weight excluding hydrogens is 424 g/mol. The highest BCUT2D eigenvalue weighted by Crippen LogP contribution is 2.40. The van der Waals surface area contributed by atoms with E-state index in [1.807, 2.05) is 27.7 Å². The molecule has 3 rings (SSSR count). The molecule has 32 heavy (non-hydrogen) atoms. The van der Waals surface area contributed by atoms with Crippen LogP contribution in [0.25, 0.3) is 0 Å². The second-order valence-electron chi connectivity index (χ2n) is 9.17. The summed E-state index contributed by atoms with van der Waals surface area (Å²) >= 11 is 1.53. The van der Waals surface area contributed by atoms with Gasteiger partial charge in [0.1, 0.15) is 5.69 Å². The van der Waals surface area contributed by atoms with E-state index in [2.05, 4.69) is 34.8 Å². The molecule has 2 heterocycles. The van der Waals surface area contributed by atoms with Crippen LogP contribution in [-0.2, 0) is 16.9 Å². The Labute approximate surface area is 194 Å². The van der Waals surface area contributed by atoms with Gasteiger partial charge in [0, 0.05) is 18.3 Å². The summed E-state index contributed by atoms with van der Waals surface area (Å²) in [5.41, 5.74) is 6.13. The van der Waals surface area contributed by atoms with Gasteiger partial charge in [0.2, 0.25) is 5.91 Å². The van der Waals surface area contributed by atoms with E-state index in [4.69, 9.17) is 5.73 Å². The van der Waals surface area contributed by atoms with E-state index in [-0.39, 0.29) is 11.8 Å². The zero-order valence-electron chi connectivity index (χ0n) is 19.2. The standard InChI is InChI=1S/C23H36N6O2S/c1-17-6-8-19(9-7-17)23(2,26-22(31)18-10-14-32-16-18)20-15-29(28-27-20)13-4-12-25-11-3-5-21(24)30/h10,14-17,19,25H,3-9,11-13H2,1-2H3,(H2,24,30)(H,26,31). The Hall–Kier alpha value is -2.26. The van der Waals surface area contributed by atoms with Gasteiger partial charge in [0.05, 0.1) is 17.3 Å². The number of nitrogens with two attached hydrogens (primary N) is 1. The van der Waals surface area contributed by atoms with Crippen molar-refractivity contribution in [2.45, 2.75) is 70.9 Å². The maximum absolute atomic E-state index is 13.0. The van der Waals surface area contributed by atoms with Crippen LogP contribution in [0.3, 0.4) is 0 Å². The fourth-order valence-electron chi connectivity index (χ4n) is 4.44. The summed E-state index contributed by atoms with van der Waals surface area (Å²) in [6.45, 7) is 6.76. The second-order valence-corrected chi connectivity index (χ2v) is 9.95. The summed E-state index contributed by atoms with van der Waals surface area (Å²) in [4.78, 5) is 23.7. The molecule has 4 N–H and O–H groups in total. The van der Waals surface area contributed by atoms with Crippen LogP contribution in [0, 0.1) is 11.8 Å². The lowest BCUT2D eigenvalue weighted by Crippen LogP contribution is -2.50. The van der Waals surface area contributed by atoms with Crippen molar-refractivity contribution >= 4 is 23.2 Å². The van der Waals surface area contributed by atoms with Crippen LogP contribution in [-0.4, -0.2) is 39.9 Å². The van der Waals surface area contributed by atoms with E-state index in [9.17, 15) is 9.59 Å². The van der Waals surface area contributed by atoms with Crippen molar-refractivity contribution in [3.05, 3.63) is 34.3 Å². The van der Waals surface area contributed by atoms with E-state index in [1.165, 1.54) is 24.2 Å². The van der Waals surface area contributed by atoms with Gasteiger partial charge in [-0.2, -0.15) is 11.3 Å². The first kappa shape index (κ1) is 24.4. The molecular formula is C23H36N6O2S. The molecule has 0 aromatic carbocycles. The Bertz CT molecular complexity index is 860. The molecule has 1 fully saturated rings. The third kappa shape index (κ3) is 6.62. The van der Waals surface area contributed by atoms with E-state index in [0.29, 0.717) is 17.9 Å². The van der Waals surface area contributed by atoms with Crippen LogP contribution in [0.1, 0.15) is 74.8 Å². The monoisotopic (exact) mass is 460 g/mol. The average Bonchev–Trinajstić information content (AvgIpc) is 3.46. The maximum Gasteiger partial charge on any atom is 0.252 e. The fourth-order valence-corrected chi connectivity index (χ4v) is 5.07. The van der Waals surface area contributed by atoms with Gasteiger partial charge >= 0.3 is 0 Å². The fraction of sp³-hybridized carbons (Fsp3) is 0.652. The van der Waals surface area contributed by atoms with Crippen LogP contribution < -0.4 is 16.4 Å². The molecule has 9 heteroatoms. The molecule has 1 saturated carbocycles. The number of rotatable bonds is 12. The molecule has 176 valence electrons. The molecule has 2 aromatic heterocycles. The first-order valence-electron chi connectivity index (χ1n) is 11.6. The minimum absolute atomic E-state index is 0.0536. The maximum atomic E-state index is 13.0. The molecule has 0 saturated heterocycles. The highest BCUT2D eigenvalue weighted by Gasteiger charge is 2.41. The number of carbonyl (C=O) groups is 2. The van der Waals surface area contributed by atoms with Gasteiger partial charge in [-0.3, -0.25) is 14.3 Å². The number of nitrogens with one attached hydrogen (secondary N) is 2. The van der Waals surface area contributed by atoms with Gasteiger partial charge in [0.15, 0.2) is 0 Å². The van der Waals surface area contributed by atoms with Crippen LogP contribution in [0.5, 0.6) is 0 Å². The Morgan fingerprint density at radius 1 is 1.25 bits per heavy atom. The Morgan fingerprint density at radius 3 is 2.69 bits per heavy atom. The van der Waals surface area contributed by atoms with Gasteiger partial charge in [-0.15, -0.1) is 5.10 Å². The summed E-state index contributed by atoms with van der Waals surface area (Å²) in [6, 6.07) is 1.86. The number of hydrogen-bond donors (Lipinski definition) is 3. The number of aryl methyl sites for hydroxylation is 1. The lowest BCUT2D eigenvalue weighted by atomic mass is 9.71. The van der Waals surface area contributed by atoms with Crippen molar-refractivity contribution in [1.29, 1.82) is 0 Å². The van der Waals surface area contributed by atoms with E-state index >= 15 is 0 Å². The molecule has 1 aliphatic rings. The molecule has 1 aliphatic carbocycles. The Morgan fingerprint density at radius 2 is 2.00 bits per heavy atom. The normalized spacial score (nSPS) is 20.6. The van der Waals surface area contributed by atoms with E-state index in [1.54, 1.807) is 0 Å². The number of hydrogen-bond acceptors (Lipinski definition) is 6. The Balaban J connectivity index is 1.61. The minimum atomic E-state index is -0.551. The summed E-state index contributed by atoms with van der Waals surface area (Å²) in [7, 11) is 0. The first-order chi connectivity index (χ1) is 15.4. The SMILES string of the molecule is CC1CCC(C(C)(NC(=O)c2ccsc2)c2cn(CCCNCCCC(N)=O)nn2)CC1. The molecule has 0 bridgehead atoms. The van der Waals surface area contributed by atoms with Gasteiger partial charge in [-0.25, -0.2) is 0 Å². The largest absolute Gasteiger partial charge is 0.370 e. The summed E-state index contributed by atoms with van der Waals surface area (Å²) in [5.74, 6) is 0.748. The average molecular weight is 461 g/mol. The lowest BCUT2D eigenvalue weighted by molar-refractivity contribution is -0.118. The van der Waals surface area contributed by atoms with Crippen molar-refractivity contribution in [3.63, 3.8) is 0 Å². The molecule has 0 spiro atoms. The third-order valence-corrected chi connectivity index (χ3v) is 7.26. The van der Waals surface area contributed by atoms with Crippen molar-refractivity contribution in [1.82, 2.24) is 25.6 Å². The highest BCUT2D eigenvalue weighted by molar-refractivity contribution is 7.08. The first-order valence-corrected chi connectivity index (χ1v) is 12.6. The summed E-state index contributed by atoms with van der Waals surface area (Å²) < 4.78 is 1.86. The molecule has 1 unspecified atom stereocenters. The molecule has 1 atom stereocenters. The smallest absolute Gasteiger partial charge is 0.252 e. The van der Waals surface area contributed by atoms with E-state index < -0.39 is 5.54 Å². The number of nitrogens with zero attached hydrogens (tertiary/aromatic N) is 3. The number of amides is 2. The zero-order chi connectivity index (χ0) is 23.0. The number of primary amides is 1. The predicted molar refractivity (Wildman–Crippen MR) is 126 cm³/mol. The van der Waals surface area contributed by atoms with Crippen molar-refractivity contribution < 1.29 is 9.59 Å². The predicted octanol–water partition coefficient (Wildman–Crippen LogP) is 3.06. The van der Waals surface area contributed by atoms with Crippen molar-refractivity contribution in [3.8, 4) is 0 Å². The number of carbonyl (C=O) groups excluding carboxylic acids is 2. The highest BCUT2D eigenvalue weighted by atomic mass is 32.1. The molecule has 8 nitrogen and oxygen atoms in total. The molecule has 0 radical (unpaired) electrons.